The first-order valence-corrected chi connectivity index (χ1v) is 6.88. The maximum Gasteiger partial charge on any atom is 0.118 e. The smallest absolute Gasteiger partial charge is 0.118 e. The van der Waals surface area contributed by atoms with Gasteiger partial charge >= 0.3 is 0 Å². The molecule has 1 unspecified atom stereocenters. The van der Waals surface area contributed by atoms with Crippen molar-refractivity contribution in [3.05, 3.63) is 70.8 Å². The summed E-state index contributed by atoms with van der Waals surface area (Å²) in [5, 5.41) is 10.5. The second kappa shape index (κ2) is 5.51. The monoisotopic (exact) mass is 266 g/mol. The Hall–Kier alpha value is -2.06. The van der Waals surface area contributed by atoms with Crippen molar-refractivity contribution < 1.29 is 9.84 Å². The van der Waals surface area contributed by atoms with E-state index in [4.69, 9.17) is 4.74 Å². The Morgan fingerprint density at radius 2 is 1.80 bits per heavy atom. The average molecular weight is 266 g/mol. The molecule has 2 heteroatoms. The first-order valence-electron chi connectivity index (χ1n) is 6.88. The Bertz CT molecular complexity index is 626. The third-order valence-electron chi connectivity index (χ3n) is 3.85. The number of aliphatic hydroxyl groups excluding tert-OH is 1. The molecule has 2 nitrogen and oxygen atoms in total. The molecule has 0 saturated heterocycles. The minimum Gasteiger partial charge on any atom is -0.497 e. The van der Waals surface area contributed by atoms with Crippen LogP contribution >= 0.6 is 0 Å². The molecular weight excluding hydrogens is 248 g/mol. The van der Waals surface area contributed by atoms with Crippen molar-refractivity contribution in [3.8, 4) is 5.75 Å². The van der Waals surface area contributed by atoms with Crippen LogP contribution in [-0.4, -0.2) is 12.2 Å². The average Bonchev–Trinajstić information content (AvgIpc) is 2.51. The lowest BCUT2D eigenvalue weighted by molar-refractivity contribution is 0.206. The molecule has 0 bridgehead atoms. The molecule has 0 radical (unpaired) electrons. The van der Waals surface area contributed by atoms with Crippen LogP contribution in [0.4, 0.5) is 0 Å². The van der Waals surface area contributed by atoms with Gasteiger partial charge in [-0.25, -0.2) is 0 Å². The predicted octanol–water partition coefficient (Wildman–Crippen LogP) is 3.76. The van der Waals surface area contributed by atoms with Gasteiger partial charge < -0.3 is 9.84 Å². The molecule has 0 spiro atoms. The van der Waals surface area contributed by atoms with Gasteiger partial charge in [0.2, 0.25) is 0 Å². The van der Waals surface area contributed by atoms with E-state index in [1.54, 1.807) is 7.11 Å². The summed E-state index contributed by atoms with van der Waals surface area (Å²) in [6.07, 6.45) is 3.50. The van der Waals surface area contributed by atoms with Crippen molar-refractivity contribution in [1.82, 2.24) is 0 Å². The highest BCUT2D eigenvalue weighted by Crippen LogP contribution is 2.34. The normalized spacial score (nSPS) is 19.7. The lowest BCUT2D eigenvalue weighted by atomic mass is 9.85. The minimum atomic E-state index is -0.484. The SMILES string of the molecule is COc1ccc(C=C2CCc3ccccc3C2O)cc1. The van der Waals surface area contributed by atoms with Crippen LogP contribution in [0.2, 0.25) is 0 Å². The number of methoxy groups -OCH3 is 1. The molecule has 0 saturated carbocycles. The van der Waals surface area contributed by atoms with E-state index < -0.39 is 6.10 Å². The summed E-state index contributed by atoms with van der Waals surface area (Å²) < 4.78 is 5.16. The molecule has 0 aliphatic heterocycles. The molecule has 0 heterocycles. The lowest BCUT2D eigenvalue weighted by Gasteiger charge is -2.24. The van der Waals surface area contributed by atoms with E-state index in [1.807, 2.05) is 42.5 Å². The van der Waals surface area contributed by atoms with Gasteiger partial charge in [0, 0.05) is 0 Å². The maximum absolute atomic E-state index is 10.5. The number of rotatable bonds is 2. The van der Waals surface area contributed by atoms with Gasteiger partial charge in [-0.3, -0.25) is 0 Å². The molecule has 1 N–H and O–H groups in total. The fourth-order valence-electron chi connectivity index (χ4n) is 2.71. The number of aliphatic hydroxyl groups is 1. The quantitative estimate of drug-likeness (QED) is 0.896. The molecule has 3 rings (SSSR count). The fraction of sp³-hybridized carbons (Fsp3) is 0.222. The van der Waals surface area contributed by atoms with Crippen LogP contribution in [0.3, 0.4) is 0 Å². The van der Waals surface area contributed by atoms with E-state index in [9.17, 15) is 5.11 Å². The molecule has 102 valence electrons. The number of hydrogen-bond acceptors (Lipinski definition) is 2. The van der Waals surface area contributed by atoms with Crippen molar-refractivity contribution >= 4 is 6.08 Å². The number of hydrogen-bond donors (Lipinski definition) is 1. The predicted molar refractivity (Wildman–Crippen MR) is 80.7 cm³/mol. The second-order valence-electron chi connectivity index (χ2n) is 5.09. The number of aryl methyl sites for hydroxylation is 1. The zero-order valence-electron chi connectivity index (χ0n) is 11.5. The Balaban J connectivity index is 1.89. The Morgan fingerprint density at radius 1 is 1.05 bits per heavy atom. The summed E-state index contributed by atoms with van der Waals surface area (Å²) in [5.41, 5.74) is 4.47. The number of fused-ring (bicyclic) bond motifs is 1. The van der Waals surface area contributed by atoms with Gasteiger partial charge in [-0.05, 0) is 47.2 Å². The highest BCUT2D eigenvalue weighted by atomic mass is 16.5. The molecule has 1 atom stereocenters. The summed E-state index contributed by atoms with van der Waals surface area (Å²) in [7, 11) is 1.66. The first-order chi connectivity index (χ1) is 9.78. The lowest BCUT2D eigenvalue weighted by Crippen LogP contribution is -2.11. The largest absolute Gasteiger partial charge is 0.497 e. The van der Waals surface area contributed by atoms with Crippen LogP contribution in [-0.2, 0) is 6.42 Å². The van der Waals surface area contributed by atoms with E-state index in [2.05, 4.69) is 12.1 Å². The van der Waals surface area contributed by atoms with Crippen LogP contribution in [0.5, 0.6) is 5.75 Å². The molecule has 0 amide bonds. The van der Waals surface area contributed by atoms with Crippen molar-refractivity contribution in [2.24, 2.45) is 0 Å². The third-order valence-corrected chi connectivity index (χ3v) is 3.85. The summed E-state index contributed by atoms with van der Waals surface area (Å²) in [4.78, 5) is 0. The van der Waals surface area contributed by atoms with Gasteiger partial charge in [0.25, 0.3) is 0 Å². The van der Waals surface area contributed by atoms with Crippen LogP contribution in [0, 0.1) is 0 Å². The molecule has 0 fully saturated rings. The van der Waals surface area contributed by atoms with E-state index in [1.165, 1.54) is 5.56 Å². The fourth-order valence-corrected chi connectivity index (χ4v) is 2.71. The minimum absolute atomic E-state index is 0.484. The van der Waals surface area contributed by atoms with Crippen molar-refractivity contribution in [2.45, 2.75) is 18.9 Å². The number of benzene rings is 2. The molecule has 1 aliphatic rings. The van der Waals surface area contributed by atoms with E-state index in [-0.39, 0.29) is 0 Å². The second-order valence-corrected chi connectivity index (χ2v) is 5.09. The van der Waals surface area contributed by atoms with Crippen molar-refractivity contribution in [2.75, 3.05) is 7.11 Å². The zero-order valence-corrected chi connectivity index (χ0v) is 11.5. The number of ether oxygens (including phenoxy) is 1. The van der Waals surface area contributed by atoms with Gasteiger partial charge in [0.05, 0.1) is 7.11 Å². The van der Waals surface area contributed by atoms with Crippen LogP contribution in [0.25, 0.3) is 6.08 Å². The molecule has 20 heavy (non-hydrogen) atoms. The third kappa shape index (κ3) is 2.47. The Morgan fingerprint density at radius 3 is 2.55 bits per heavy atom. The van der Waals surface area contributed by atoms with Gasteiger partial charge in [0.1, 0.15) is 11.9 Å². The van der Waals surface area contributed by atoms with Gasteiger partial charge in [0.15, 0.2) is 0 Å². The topological polar surface area (TPSA) is 29.5 Å². The van der Waals surface area contributed by atoms with Crippen LogP contribution in [0.1, 0.15) is 29.2 Å². The molecule has 0 aromatic heterocycles. The maximum atomic E-state index is 10.5. The highest BCUT2D eigenvalue weighted by molar-refractivity contribution is 5.57. The molecule has 2 aromatic carbocycles. The van der Waals surface area contributed by atoms with Crippen LogP contribution in [0.15, 0.2) is 54.1 Å². The summed E-state index contributed by atoms with van der Waals surface area (Å²) in [6, 6.07) is 16.0. The molecule has 2 aromatic rings. The summed E-state index contributed by atoms with van der Waals surface area (Å²) in [5.74, 6) is 0.849. The van der Waals surface area contributed by atoms with Crippen LogP contribution < -0.4 is 4.74 Å². The van der Waals surface area contributed by atoms with E-state index in [0.717, 1.165) is 35.3 Å². The van der Waals surface area contributed by atoms with Crippen molar-refractivity contribution in [1.29, 1.82) is 0 Å². The van der Waals surface area contributed by atoms with Gasteiger partial charge in [-0.1, -0.05) is 42.5 Å². The Kier molecular flexibility index (Phi) is 3.57. The highest BCUT2D eigenvalue weighted by Gasteiger charge is 2.21. The summed E-state index contributed by atoms with van der Waals surface area (Å²) >= 11 is 0. The van der Waals surface area contributed by atoms with Gasteiger partial charge in [-0.15, -0.1) is 0 Å². The Labute approximate surface area is 119 Å². The molecular formula is C18H18O2. The van der Waals surface area contributed by atoms with E-state index >= 15 is 0 Å². The standard InChI is InChI=1S/C18H18O2/c1-20-16-10-6-13(7-11-16)12-15-9-8-14-4-2-3-5-17(14)18(15)19/h2-7,10-12,18-19H,8-9H2,1H3. The van der Waals surface area contributed by atoms with E-state index in [0.29, 0.717) is 0 Å². The zero-order chi connectivity index (χ0) is 13.9. The van der Waals surface area contributed by atoms with Crippen molar-refractivity contribution in [3.63, 3.8) is 0 Å². The van der Waals surface area contributed by atoms with Gasteiger partial charge in [-0.2, -0.15) is 0 Å². The first kappa shape index (κ1) is 12.9. The summed E-state index contributed by atoms with van der Waals surface area (Å²) in [6.45, 7) is 0. The molecule has 1 aliphatic carbocycles.